The van der Waals surface area contributed by atoms with Crippen LogP contribution in [0.2, 0.25) is 0 Å². The normalized spacial score (nSPS) is 10.7. The molecule has 0 fully saturated rings. The minimum absolute atomic E-state index is 0.128. The van der Waals surface area contributed by atoms with E-state index in [1.165, 1.54) is 6.21 Å². The van der Waals surface area contributed by atoms with E-state index < -0.39 is 0 Å². The molecule has 0 aliphatic rings. The van der Waals surface area contributed by atoms with E-state index >= 15 is 0 Å². The molecule has 0 radical (unpaired) electrons. The number of aromatic nitrogens is 3. The highest BCUT2D eigenvalue weighted by Gasteiger charge is 1.99. The first-order valence-corrected chi connectivity index (χ1v) is 5.20. The van der Waals surface area contributed by atoms with E-state index in [1.54, 1.807) is 31.2 Å². The molecule has 0 bridgehead atoms. The molecule has 18 heavy (non-hydrogen) atoms. The highest BCUT2D eigenvalue weighted by molar-refractivity contribution is 5.83. The lowest BCUT2D eigenvalue weighted by Crippen LogP contribution is -2.04. The number of phenols is 1. The number of phenolic OH excluding ortho intramolecular Hbond substituents is 1. The van der Waals surface area contributed by atoms with Gasteiger partial charge in [-0.15, -0.1) is 0 Å². The number of para-hydroxylation sites is 1. The predicted octanol–water partition coefficient (Wildman–Crippen LogP) is 0.914. The van der Waals surface area contributed by atoms with E-state index in [2.05, 4.69) is 25.5 Å². The fraction of sp³-hybridized carbons (Fsp3) is 0.0909. The number of aryl methyl sites for hydroxylation is 1. The van der Waals surface area contributed by atoms with Crippen LogP contribution >= 0.6 is 0 Å². The van der Waals surface area contributed by atoms with Crippen molar-refractivity contribution in [2.24, 2.45) is 5.10 Å². The van der Waals surface area contributed by atoms with Gasteiger partial charge in [-0.2, -0.15) is 20.1 Å². The summed E-state index contributed by atoms with van der Waals surface area (Å²) >= 11 is 0. The molecule has 0 aliphatic carbocycles. The van der Waals surface area contributed by atoms with Crippen LogP contribution in [0.5, 0.6) is 5.75 Å². The predicted molar refractivity (Wildman–Crippen MR) is 68.3 cm³/mol. The highest BCUT2D eigenvalue weighted by Crippen LogP contribution is 2.12. The minimum Gasteiger partial charge on any atom is -0.507 e. The maximum absolute atomic E-state index is 9.52. The molecule has 0 aliphatic heterocycles. The van der Waals surface area contributed by atoms with Crippen LogP contribution in [0.25, 0.3) is 0 Å². The van der Waals surface area contributed by atoms with Crippen LogP contribution in [0.3, 0.4) is 0 Å². The smallest absolute Gasteiger partial charge is 0.248 e. The van der Waals surface area contributed by atoms with Crippen molar-refractivity contribution in [1.82, 2.24) is 15.0 Å². The van der Waals surface area contributed by atoms with Crippen LogP contribution < -0.4 is 11.2 Å². The second-order valence-corrected chi connectivity index (χ2v) is 3.49. The van der Waals surface area contributed by atoms with E-state index in [1.807, 2.05) is 0 Å². The zero-order valence-electron chi connectivity index (χ0n) is 9.70. The van der Waals surface area contributed by atoms with Gasteiger partial charge in [0.05, 0.1) is 6.21 Å². The largest absolute Gasteiger partial charge is 0.507 e. The van der Waals surface area contributed by atoms with Crippen LogP contribution in [0.4, 0.5) is 11.9 Å². The molecule has 2 rings (SSSR count). The first-order chi connectivity index (χ1) is 8.65. The summed E-state index contributed by atoms with van der Waals surface area (Å²) in [6, 6.07) is 6.84. The maximum Gasteiger partial charge on any atom is 0.248 e. The van der Waals surface area contributed by atoms with Crippen LogP contribution in [0.1, 0.15) is 11.4 Å². The Kier molecular flexibility index (Phi) is 3.33. The Morgan fingerprint density at radius 1 is 1.28 bits per heavy atom. The van der Waals surface area contributed by atoms with E-state index in [4.69, 9.17) is 5.73 Å². The van der Waals surface area contributed by atoms with E-state index in [0.717, 1.165) is 0 Å². The molecule has 0 amide bonds. The molecule has 1 aromatic heterocycles. The van der Waals surface area contributed by atoms with Gasteiger partial charge >= 0.3 is 0 Å². The molecule has 2 aromatic rings. The van der Waals surface area contributed by atoms with E-state index in [0.29, 0.717) is 11.4 Å². The van der Waals surface area contributed by atoms with Gasteiger partial charge in [-0.3, -0.25) is 0 Å². The van der Waals surface area contributed by atoms with Crippen molar-refractivity contribution in [2.75, 3.05) is 11.2 Å². The van der Waals surface area contributed by atoms with Crippen molar-refractivity contribution in [3.05, 3.63) is 35.7 Å². The number of hydrazone groups is 1. The van der Waals surface area contributed by atoms with Crippen molar-refractivity contribution in [2.45, 2.75) is 6.92 Å². The van der Waals surface area contributed by atoms with Crippen LogP contribution in [-0.2, 0) is 0 Å². The molecule has 1 heterocycles. The van der Waals surface area contributed by atoms with Gasteiger partial charge in [-0.1, -0.05) is 12.1 Å². The minimum atomic E-state index is 0.128. The average Bonchev–Trinajstić information content (AvgIpc) is 2.30. The molecule has 7 heteroatoms. The van der Waals surface area contributed by atoms with Gasteiger partial charge in [0.2, 0.25) is 11.9 Å². The third-order valence-electron chi connectivity index (χ3n) is 2.07. The van der Waals surface area contributed by atoms with Crippen molar-refractivity contribution in [3.63, 3.8) is 0 Å². The van der Waals surface area contributed by atoms with Gasteiger partial charge in [0.15, 0.2) is 0 Å². The summed E-state index contributed by atoms with van der Waals surface area (Å²) in [5, 5.41) is 13.4. The standard InChI is InChI=1S/C11H12N6O/c1-7-14-10(12)16-11(15-7)17-13-6-8-4-2-3-5-9(8)18/h2-6,18H,1H3,(H3,12,14,15,16,17)/b13-6+. The third kappa shape index (κ3) is 2.91. The summed E-state index contributed by atoms with van der Waals surface area (Å²) in [6.07, 6.45) is 1.46. The number of aromatic hydroxyl groups is 1. The Morgan fingerprint density at radius 3 is 2.78 bits per heavy atom. The number of benzene rings is 1. The molecule has 1 aromatic carbocycles. The quantitative estimate of drug-likeness (QED) is 0.547. The second kappa shape index (κ2) is 5.09. The molecule has 0 atom stereocenters. The van der Waals surface area contributed by atoms with Crippen LogP contribution in [0, 0.1) is 6.92 Å². The molecule has 0 saturated carbocycles. The van der Waals surface area contributed by atoms with Crippen LogP contribution in [0.15, 0.2) is 29.4 Å². The van der Waals surface area contributed by atoms with E-state index in [9.17, 15) is 5.11 Å². The van der Waals surface area contributed by atoms with Gasteiger partial charge in [-0.05, 0) is 19.1 Å². The number of nitrogens with two attached hydrogens (primary N) is 1. The van der Waals surface area contributed by atoms with Gasteiger partial charge in [0.25, 0.3) is 0 Å². The lowest BCUT2D eigenvalue weighted by molar-refractivity contribution is 0.474. The van der Waals surface area contributed by atoms with Gasteiger partial charge in [-0.25, -0.2) is 5.43 Å². The van der Waals surface area contributed by atoms with Crippen molar-refractivity contribution in [3.8, 4) is 5.75 Å². The number of nitrogens with zero attached hydrogens (tertiary/aromatic N) is 4. The summed E-state index contributed by atoms with van der Waals surface area (Å²) in [4.78, 5) is 11.7. The molecular weight excluding hydrogens is 232 g/mol. The molecule has 92 valence electrons. The zero-order chi connectivity index (χ0) is 13.0. The Morgan fingerprint density at radius 2 is 2.06 bits per heavy atom. The molecule has 7 nitrogen and oxygen atoms in total. The fourth-order valence-electron chi connectivity index (χ4n) is 1.31. The van der Waals surface area contributed by atoms with Gasteiger partial charge < -0.3 is 10.8 Å². The number of nitrogens with one attached hydrogen (secondary N) is 1. The van der Waals surface area contributed by atoms with Crippen LogP contribution in [-0.4, -0.2) is 26.3 Å². The molecule has 4 N–H and O–H groups in total. The highest BCUT2D eigenvalue weighted by atomic mass is 16.3. The lowest BCUT2D eigenvalue weighted by atomic mass is 10.2. The van der Waals surface area contributed by atoms with Crippen molar-refractivity contribution >= 4 is 18.1 Å². The number of hydrogen-bond acceptors (Lipinski definition) is 7. The molecule has 0 saturated heterocycles. The summed E-state index contributed by atoms with van der Waals surface area (Å²) in [6.45, 7) is 1.70. The summed E-state index contributed by atoms with van der Waals surface area (Å²) in [5.74, 6) is 1.03. The number of anilines is 2. The fourth-order valence-corrected chi connectivity index (χ4v) is 1.31. The molecule has 0 spiro atoms. The average molecular weight is 244 g/mol. The summed E-state index contributed by atoms with van der Waals surface area (Å²) in [7, 11) is 0. The monoisotopic (exact) mass is 244 g/mol. The number of rotatable bonds is 3. The third-order valence-corrected chi connectivity index (χ3v) is 2.07. The second-order valence-electron chi connectivity index (χ2n) is 3.49. The Bertz CT molecular complexity index is 563. The summed E-state index contributed by atoms with van der Waals surface area (Å²) in [5.41, 5.74) is 8.68. The van der Waals surface area contributed by atoms with Crippen molar-refractivity contribution in [1.29, 1.82) is 0 Å². The Hall–Kier alpha value is -2.70. The van der Waals surface area contributed by atoms with Gasteiger partial charge in [0, 0.05) is 5.56 Å². The topological polar surface area (TPSA) is 109 Å². The first-order valence-electron chi connectivity index (χ1n) is 5.20. The number of nitrogen functional groups attached to an aromatic ring is 1. The van der Waals surface area contributed by atoms with Gasteiger partial charge in [0.1, 0.15) is 11.6 Å². The lowest BCUT2D eigenvalue weighted by Gasteiger charge is -2.01. The zero-order valence-corrected chi connectivity index (χ0v) is 9.70. The number of hydrogen-bond donors (Lipinski definition) is 3. The maximum atomic E-state index is 9.52. The summed E-state index contributed by atoms with van der Waals surface area (Å²) < 4.78 is 0. The molecule has 0 unspecified atom stereocenters. The Balaban J connectivity index is 2.10. The molecular formula is C11H12N6O. The Labute approximate surface area is 103 Å². The SMILES string of the molecule is Cc1nc(N)nc(N/N=C/c2ccccc2O)n1. The first kappa shape index (κ1) is 11.8. The van der Waals surface area contributed by atoms with E-state index in [-0.39, 0.29) is 17.6 Å². The van der Waals surface area contributed by atoms with Crippen molar-refractivity contribution < 1.29 is 5.11 Å².